The smallest absolute Gasteiger partial charge is 0.328 e. The minimum absolute atomic E-state index is 0.211. The molecule has 2 unspecified atom stereocenters. The first-order chi connectivity index (χ1) is 10.5. The summed E-state index contributed by atoms with van der Waals surface area (Å²) in [5.74, 6) is -2.40. The molecule has 0 aliphatic carbocycles. The summed E-state index contributed by atoms with van der Waals surface area (Å²) in [4.78, 5) is 37.8. The Hall–Kier alpha value is -1.63. The Bertz CT molecular complexity index is 413. The van der Waals surface area contributed by atoms with E-state index in [1.807, 2.05) is 6.92 Å². The van der Waals surface area contributed by atoms with Gasteiger partial charge in [-0.2, -0.15) is 0 Å². The number of unbranched alkanes of at least 4 members (excludes halogenated alkanes) is 1. The van der Waals surface area contributed by atoms with E-state index in [-0.39, 0.29) is 5.91 Å². The van der Waals surface area contributed by atoms with E-state index in [9.17, 15) is 14.4 Å². The van der Waals surface area contributed by atoms with Gasteiger partial charge in [0.1, 0.15) is 6.04 Å². The molecule has 0 bridgehead atoms. The van der Waals surface area contributed by atoms with Gasteiger partial charge < -0.3 is 9.64 Å². The van der Waals surface area contributed by atoms with Crippen molar-refractivity contribution < 1.29 is 24.3 Å². The fraction of sp³-hybridized carbons (Fsp3) is 0.800. The Labute approximate surface area is 130 Å². The molecule has 1 fully saturated rings. The quantitative estimate of drug-likeness (QED) is 0.417. The summed E-state index contributed by atoms with van der Waals surface area (Å²) in [6.07, 6.45) is 3.58. The van der Waals surface area contributed by atoms with Crippen molar-refractivity contribution in [2.45, 2.75) is 52.0 Å². The van der Waals surface area contributed by atoms with Crippen molar-refractivity contribution in [2.75, 3.05) is 13.7 Å². The highest BCUT2D eigenvalue weighted by Crippen LogP contribution is 2.27. The molecule has 0 saturated carbocycles. The number of esters is 1. The van der Waals surface area contributed by atoms with Crippen LogP contribution in [-0.4, -0.2) is 47.6 Å². The van der Waals surface area contributed by atoms with Crippen LogP contribution in [-0.2, 0) is 19.1 Å². The maximum Gasteiger partial charge on any atom is 0.328 e. The fourth-order valence-corrected chi connectivity index (χ4v) is 2.92. The van der Waals surface area contributed by atoms with Gasteiger partial charge >= 0.3 is 5.97 Å². The second-order valence-electron chi connectivity index (χ2n) is 5.73. The van der Waals surface area contributed by atoms with Crippen molar-refractivity contribution >= 4 is 17.8 Å². The minimum atomic E-state index is -0.650. The topological polar surface area (TPSA) is 95.9 Å². The summed E-state index contributed by atoms with van der Waals surface area (Å²) in [6, 6.07) is -0.564. The third kappa shape index (κ3) is 4.19. The van der Waals surface area contributed by atoms with Crippen molar-refractivity contribution in [3.8, 4) is 0 Å². The molecule has 7 nitrogen and oxygen atoms in total. The number of hydroxylamine groups is 1. The van der Waals surface area contributed by atoms with Crippen molar-refractivity contribution in [1.82, 2.24) is 10.4 Å². The summed E-state index contributed by atoms with van der Waals surface area (Å²) in [7, 11) is 1.31. The zero-order valence-corrected chi connectivity index (χ0v) is 13.5. The zero-order chi connectivity index (χ0) is 16.7. The number of nitrogens with zero attached hydrogens (tertiary/aromatic N) is 1. The molecule has 2 N–H and O–H groups in total. The molecular weight excluding hydrogens is 288 g/mol. The fourth-order valence-electron chi connectivity index (χ4n) is 2.92. The van der Waals surface area contributed by atoms with Crippen LogP contribution in [0, 0.1) is 11.8 Å². The van der Waals surface area contributed by atoms with Crippen molar-refractivity contribution in [3.63, 3.8) is 0 Å². The van der Waals surface area contributed by atoms with Crippen molar-refractivity contribution in [3.05, 3.63) is 0 Å². The largest absolute Gasteiger partial charge is 0.467 e. The average Bonchev–Trinajstić information content (AvgIpc) is 3.02. The standard InChI is InChI=1S/C15H26N2O5/c1-4-5-7-11(10(2)13(18)16-21)14(19)17-9-6-8-12(17)15(20)22-3/h10-12,21H,4-9H2,1-3H3,(H,16,18)/t10?,11?,12-/m0/s1. The zero-order valence-electron chi connectivity index (χ0n) is 13.5. The molecule has 1 rings (SSSR count). The van der Waals surface area contributed by atoms with Gasteiger partial charge in [-0.3, -0.25) is 14.8 Å². The number of nitrogens with one attached hydrogen (secondary N) is 1. The van der Waals surface area contributed by atoms with Crippen LogP contribution in [0.15, 0.2) is 0 Å². The SMILES string of the molecule is CCCCC(C(=O)N1CCC[C@H]1C(=O)OC)C(C)C(=O)NO. The van der Waals surface area contributed by atoms with Crippen molar-refractivity contribution in [1.29, 1.82) is 0 Å². The minimum Gasteiger partial charge on any atom is -0.467 e. The van der Waals surface area contributed by atoms with Gasteiger partial charge in [-0.05, 0) is 19.3 Å². The van der Waals surface area contributed by atoms with E-state index in [4.69, 9.17) is 9.94 Å². The molecule has 1 saturated heterocycles. The third-order valence-corrected chi connectivity index (χ3v) is 4.32. The second-order valence-corrected chi connectivity index (χ2v) is 5.73. The predicted octanol–water partition coefficient (Wildman–Crippen LogP) is 1.10. The van der Waals surface area contributed by atoms with Gasteiger partial charge in [0.25, 0.3) is 0 Å². The molecule has 1 aliphatic heterocycles. The number of carbonyl (C=O) groups excluding carboxylic acids is 3. The highest BCUT2D eigenvalue weighted by Gasteiger charge is 2.40. The molecule has 0 aromatic heterocycles. The number of carbonyl (C=O) groups is 3. The number of rotatable bonds is 7. The van der Waals surface area contributed by atoms with E-state index in [0.29, 0.717) is 19.4 Å². The molecule has 0 aromatic rings. The number of hydrogen-bond donors (Lipinski definition) is 2. The first-order valence-corrected chi connectivity index (χ1v) is 7.80. The summed E-state index contributed by atoms with van der Waals surface area (Å²) in [5, 5.41) is 8.81. The highest BCUT2D eigenvalue weighted by molar-refractivity contribution is 5.90. The lowest BCUT2D eigenvalue weighted by Gasteiger charge is -2.29. The van der Waals surface area contributed by atoms with Gasteiger partial charge in [0, 0.05) is 18.4 Å². The van der Waals surface area contributed by atoms with E-state index in [1.54, 1.807) is 12.4 Å². The van der Waals surface area contributed by atoms with Crippen LogP contribution in [0.2, 0.25) is 0 Å². The molecule has 0 spiro atoms. The van der Waals surface area contributed by atoms with Gasteiger partial charge in [-0.25, -0.2) is 10.3 Å². The predicted molar refractivity (Wildman–Crippen MR) is 78.9 cm³/mol. The Morgan fingerprint density at radius 3 is 2.64 bits per heavy atom. The molecular formula is C15H26N2O5. The average molecular weight is 314 g/mol. The monoisotopic (exact) mass is 314 g/mol. The molecule has 3 atom stereocenters. The number of likely N-dealkylation sites (tertiary alicyclic amines) is 1. The van der Waals surface area contributed by atoms with Crippen LogP contribution in [0.25, 0.3) is 0 Å². The van der Waals surface area contributed by atoms with Crippen molar-refractivity contribution in [2.24, 2.45) is 11.8 Å². The van der Waals surface area contributed by atoms with Crippen LogP contribution < -0.4 is 5.48 Å². The molecule has 1 heterocycles. The maximum atomic E-state index is 12.8. The van der Waals surface area contributed by atoms with Gasteiger partial charge in [0.05, 0.1) is 7.11 Å². The van der Waals surface area contributed by atoms with E-state index < -0.39 is 29.8 Å². The molecule has 0 aromatic carbocycles. The first-order valence-electron chi connectivity index (χ1n) is 7.80. The lowest BCUT2D eigenvalue weighted by molar-refractivity contribution is -0.154. The van der Waals surface area contributed by atoms with Crippen LogP contribution in [0.1, 0.15) is 46.0 Å². The molecule has 126 valence electrons. The van der Waals surface area contributed by atoms with E-state index >= 15 is 0 Å². The first kappa shape index (κ1) is 18.4. The Kier molecular flexibility index (Phi) is 7.31. The van der Waals surface area contributed by atoms with Gasteiger partial charge in [-0.1, -0.05) is 26.7 Å². The summed E-state index contributed by atoms with van der Waals surface area (Å²) in [5.41, 5.74) is 1.61. The lowest BCUT2D eigenvalue weighted by Crippen LogP contribution is -2.47. The number of methoxy groups -OCH3 is 1. The number of amides is 2. The summed E-state index contributed by atoms with van der Waals surface area (Å²) < 4.78 is 4.75. The molecule has 0 radical (unpaired) electrons. The molecule has 2 amide bonds. The summed E-state index contributed by atoms with van der Waals surface area (Å²) in [6.45, 7) is 4.12. The van der Waals surface area contributed by atoms with Crippen LogP contribution >= 0.6 is 0 Å². The maximum absolute atomic E-state index is 12.8. The number of hydrogen-bond acceptors (Lipinski definition) is 5. The Morgan fingerprint density at radius 1 is 1.41 bits per heavy atom. The van der Waals surface area contributed by atoms with Gasteiger partial charge in [0.2, 0.25) is 11.8 Å². The summed E-state index contributed by atoms with van der Waals surface area (Å²) >= 11 is 0. The van der Waals surface area contributed by atoms with E-state index in [2.05, 4.69) is 0 Å². The normalized spacial score (nSPS) is 20.4. The number of ether oxygens (including phenoxy) is 1. The van der Waals surface area contributed by atoms with Crippen LogP contribution in [0.3, 0.4) is 0 Å². The molecule has 7 heteroatoms. The van der Waals surface area contributed by atoms with E-state index in [0.717, 1.165) is 19.3 Å². The Balaban J connectivity index is 2.90. The van der Waals surface area contributed by atoms with Crippen LogP contribution in [0.4, 0.5) is 0 Å². The van der Waals surface area contributed by atoms with Crippen LogP contribution in [0.5, 0.6) is 0 Å². The van der Waals surface area contributed by atoms with Gasteiger partial charge in [-0.15, -0.1) is 0 Å². The highest BCUT2D eigenvalue weighted by atomic mass is 16.5. The molecule has 22 heavy (non-hydrogen) atoms. The van der Waals surface area contributed by atoms with Gasteiger partial charge in [0.15, 0.2) is 0 Å². The third-order valence-electron chi connectivity index (χ3n) is 4.32. The molecule has 1 aliphatic rings. The second kappa shape index (κ2) is 8.73. The lowest BCUT2D eigenvalue weighted by atomic mass is 9.87. The Morgan fingerprint density at radius 2 is 2.09 bits per heavy atom. The van der Waals surface area contributed by atoms with E-state index in [1.165, 1.54) is 12.0 Å².